The van der Waals surface area contributed by atoms with E-state index in [-0.39, 0.29) is 17.6 Å². The molecule has 3 aromatic rings. The van der Waals surface area contributed by atoms with Gasteiger partial charge in [0.15, 0.2) is 0 Å². The average Bonchev–Trinajstić information content (AvgIpc) is 2.68. The van der Waals surface area contributed by atoms with Gasteiger partial charge in [-0.25, -0.2) is 0 Å². The second kappa shape index (κ2) is 7.61. The highest BCUT2D eigenvalue weighted by atomic mass is 16.2. The van der Waals surface area contributed by atoms with Gasteiger partial charge in [-0.2, -0.15) is 0 Å². The van der Waals surface area contributed by atoms with Crippen LogP contribution in [0.15, 0.2) is 72.9 Å². The van der Waals surface area contributed by atoms with Crippen molar-refractivity contribution >= 4 is 11.8 Å². The number of amides is 2. The monoisotopic (exact) mass is 345 g/mol. The van der Waals surface area contributed by atoms with E-state index in [9.17, 15) is 9.59 Å². The molecule has 0 fully saturated rings. The smallest absolute Gasteiger partial charge is 0.267 e. The summed E-state index contributed by atoms with van der Waals surface area (Å²) in [5, 5.41) is 2.93. The fraction of sp³-hybridized carbons (Fsp3) is 0.0952. The first-order chi connectivity index (χ1) is 12.5. The molecule has 0 spiro atoms. The Morgan fingerprint density at radius 2 is 1.58 bits per heavy atom. The summed E-state index contributed by atoms with van der Waals surface area (Å²) in [6.07, 6.45) is 1.35. The predicted octanol–water partition coefficient (Wildman–Crippen LogP) is 3.34. The zero-order valence-corrected chi connectivity index (χ0v) is 14.3. The summed E-state index contributed by atoms with van der Waals surface area (Å²) >= 11 is 0. The molecule has 5 heteroatoms. The highest BCUT2D eigenvalue weighted by Gasteiger charge is 2.13. The van der Waals surface area contributed by atoms with Crippen molar-refractivity contribution in [2.24, 2.45) is 5.73 Å². The van der Waals surface area contributed by atoms with Gasteiger partial charge in [-0.1, -0.05) is 54.6 Å². The molecule has 3 rings (SSSR count). The number of nitrogens with one attached hydrogen (secondary N) is 1. The van der Waals surface area contributed by atoms with Crippen LogP contribution in [0.4, 0.5) is 0 Å². The van der Waals surface area contributed by atoms with Crippen molar-refractivity contribution in [3.8, 4) is 11.1 Å². The van der Waals surface area contributed by atoms with Crippen molar-refractivity contribution in [2.45, 2.75) is 13.0 Å². The maximum Gasteiger partial charge on any atom is 0.267 e. The topological polar surface area (TPSA) is 85.1 Å². The molecule has 5 nitrogen and oxygen atoms in total. The van der Waals surface area contributed by atoms with E-state index < -0.39 is 5.91 Å². The molecule has 0 aliphatic carbocycles. The van der Waals surface area contributed by atoms with Gasteiger partial charge in [-0.15, -0.1) is 0 Å². The van der Waals surface area contributed by atoms with E-state index >= 15 is 0 Å². The number of pyridine rings is 1. The Morgan fingerprint density at radius 1 is 0.923 bits per heavy atom. The van der Waals surface area contributed by atoms with E-state index in [2.05, 4.69) is 22.4 Å². The third-order valence-corrected chi connectivity index (χ3v) is 4.14. The van der Waals surface area contributed by atoms with Crippen molar-refractivity contribution in [3.05, 3.63) is 89.7 Å². The Kier molecular flexibility index (Phi) is 5.08. The number of hydrogen-bond donors (Lipinski definition) is 2. The Hall–Kier alpha value is -3.47. The molecule has 130 valence electrons. The first-order valence-corrected chi connectivity index (χ1v) is 8.26. The van der Waals surface area contributed by atoms with Gasteiger partial charge in [-0.3, -0.25) is 14.6 Å². The van der Waals surface area contributed by atoms with Crippen molar-refractivity contribution in [1.82, 2.24) is 10.3 Å². The second-order valence-electron chi connectivity index (χ2n) is 5.98. The molecule has 0 aliphatic rings. The highest BCUT2D eigenvalue weighted by Crippen LogP contribution is 2.22. The molecule has 1 heterocycles. The van der Waals surface area contributed by atoms with Crippen LogP contribution in [-0.4, -0.2) is 16.8 Å². The molecule has 0 saturated heterocycles. The number of primary amides is 1. The molecule has 0 bridgehead atoms. The molecule has 3 N–H and O–H groups in total. The lowest BCUT2D eigenvalue weighted by molar-refractivity contribution is 0.0936. The van der Waals surface area contributed by atoms with Gasteiger partial charge in [0.2, 0.25) is 0 Å². The van der Waals surface area contributed by atoms with Crippen LogP contribution >= 0.6 is 0 Å². The van der Waals surface area contributed by atoms with Gasteiger partial charge in [0, 0.05) is 6.20 Å². The number of carbonyl (C=O) groups excluding carboxylic acids is 2. The normalized spacial score (nSPS) is 11.6. The molecule has 0 saturated carbocycles. The SMILES string of the molecule is CC(NC(=O)c1ccc(C(N)=O)nc1)c1ccc(-c2ccccc2)cc1. The van der Waals surface area contributed by atoms with Crippen LogP contribution < -0.4 is 11.1 Å². The van der Waals surface area contributed by atoms with Crippen LogP contribution in [0.3, 0.4) is 0 Å². The summed E-state index contributed by atoms with van der Waals surface area (Å²) < 4.78 is 0. The molecule has 0 aliphatic heterocycles. The van der Waals surface area contributed by atoms with E-state index in [0.717, 1.165) is 16.7 Å². The van der Waals surface area contributed by atoms with Gasteiger partial charge >= 0.3 is 0 Å². The number of rotatable bonds is 5. The van der Waals surface area contributed by atoms with E-state index in [4.69, 9.17) is 5.73 Å². The third kappa shape index (κ3) is 3.95. The Balaban J connectivity index is 1.68. The van der Waals surface area contributed by atoms with E-state index in [1.54, 1.807) is 0 Å². The fourth-order valence-electron chi connectivity index (χ4n) is 2.63. The van der Waals surface area contributed by atoms with Crippen molar-refractivity contribution in [2.75, 3.05) is 0 Å². The Morgan fingerprint density at radius 3 is 2.15 bits per heavy atom. The summed E-state index contributed by atoms with van der Waals surface area (Å²) in [6.45, 7) is 1.92. The summed E-state index contributed by atoms with van der Waals surface area (Å²) in [4.78, 5) is 27.3. The molecule has 1 aromatic heterocycles. The molecule has 1 unspecified atom stereocenters. The number of carbonyl (C=O) groups is 2. The predicted molar refractivity (Wildman–Crippen MR) is 101 cm³/mol. The summed E-state index contributed by atoms with van der Waals surface area (Å²) in [6, 6.07) is 21.0. The zero-order valence-electron chi connectivity index (χ0n) is 14.3. The van der Waals surface area contributed by atoms with Gasteiger partial charge < -0.3 is 11.1 Å². The molecule has 2 aromatic carbocycles. The number of nitrogens with zero attached hydrogens (tertiary/aromatic N) is 1. The quantitative estimate of drug-likeness (QED) is 0.744. The summed E-state index contributed by atoms with van der Waals surface area (Å²) in [5.74, 6) is -0.878. The molecule has 26 heavy (non-hydrogen) atoms. The van der Waals surface area contributed by atoms with Crippen molar-refractivity contribution < 1.29 is 9.59 Å². The van der Waals surface area contributed by atoms with Crippen LogP contribution in [0.5, 0.6) is 0 Å². The Bertz CT molecular complexity index is 904. The van der Waals surface area contributed by atoms with E-state index in [0.29, 0.717) is 5.56 Å². The lowest BCUT2D eigenvalue weighted by Gasteiger charge is -2.15. The maximum atomic E-state index is 12.3. The first-order valence-electron chi connectivity index (χ1n) is 8.26. The zero-order chi connectivity index (χ0) is 18.5. The average molecular weight is 345 g/mol. The van der Waals surface area contributed by atoms with E-state index in [1.165, 1.54) is 18.3 Å². The lowest BCUT2D eigenvalue weighted by Crippen LogP contribution is -2.27. The van der Waals surface area contributed by atoms with Crippen LogP contribution in [-0.2, 0) is 0 Å². The van der Waals surface area contributed by atoms with Gasteiger partial charge in [0.25, 0.3) is 11.8 Å². The third-order valence-electron chi connectivity index (χ3n) is 4.14. The standard InChI is InChI=1S/C21H19N3O2/c1-14(24-21(26)18-11-12-19(20(22)25)23-13-18)15-7-9-17(10-8-15)16-5-3-2-4-6-16/h2-14H,1H3,(H2,22,25)(H,24,26). The number of nitrogens with two attached hydrogens (primary N) is 1. The van der Waals surface area contributed by atoms with Crippen LogP contribution in [0.2, 0.25) is 0 Å². The van der Waals surface area contributed by atoms with Crippen molar-refractivity contribution in [3.63, 3.8) is 0 Å². The minimum atomic E-state index is -0.621. The molecule has 1 atom stereocenters. The molecule has 2 amide bonds. The summed E-state index contributed by atoms with van der Waals surface area (Å²) in [5.41, 5.74) is 8.93. The Labute approximate surface area is 151 Å². The molecular formula is C21H19N3O2. The highest BCUT2D eigenvalue weighted by molar-refractivity contribution is 5.95. The number of benzene rings is 2. The van der Waals surface area contributed by atoms with E-state index in [1.807, 2.05) is 49.4 Å². The molecule has 0 radical (unpaired) electrons. The maximum absolute atomic E-state index is 12.3. The van der Waals surface area contributed by atoms with Crippen molar-refractivity contribution in [1.29, 1.82) is 0 Å². The van der Waals surface area contributed by atoms with Gasteiger partial charge in [-0.05, 0) is 35.7 Å². The van der Waals surface area contributed by atoms with Gasteiger partial charge in [0.1, 0.15) is 5.69 Å². The fourth-order valence-corrected chi connectivity index (χ4v) is 2.63. The van der Waals surface area contributed by atoms with Gasteiger partial charge in [0.05, 0.1) is 11.6 Å². The number of aromatic nitrogens is 1. The first kappa shape index (κ1) is 17.4. The van der Waals surface area contributed by atoms with Crippen LogP contribution in [0, 0.1) is 0 Å². The number of hydrogen-bond acceptors (Lipinski definition) is 3. The van der Waals surface area contributed by atoms with Crippen LogP contribution in [0.25, 0.3) is 11.1 Å². The lowest BCUT2D eigenvalue weighted by atomic mass is 10.0. The minimum Gasteiger partial charge on any atom is -0.364 e. The van der Waals surface area contributed by atoms with Crippen LogP contribution in [0.1, 0.15) is 39.4 Å². The molecular weight excluding hydrogens is 326 g/mol. The summed E-state index contributed by atoms with van der Waals surface area (Å²) in [7, 11) is 0. The second-order valence-corrected chi connectivity index (χ2v) is 5.98. The largest absolute Gasteiger partial charge is 0.364 e. The minimum absolute atomic E-state index is 0.131.